The zero-order chi connectivity index (χ0) is 24.9. The van der Waals surface area contributed by atoms with E-state index in [1.54, 1.807) is 50.2 Å². The van der Waals surface area contributed by atoms with Gasteiger partial charge in [0.1, 0.15) is 12.6 Å². The second-order valence-electron chi connectivity index (χ2n) is 7.87. The molecule has 0 aliphatic rings. The molecule has 33 heavy (non-hydrogen) atoms. The molecule has 2 aromatic rings. The molecule has 0 aromatic heterocycles. The fourth-order valence-electron chi connectivity index (χ4n) is 3.23. The van der Waals surface area contributed by atoms with Gasteiger partial charge in [-0.15, -0.1) is 0 Å². The number of hydrogen-bond acceptors (Lipinski definition) is 4. The number of carbonyl (C=O) groups excluding carboxylic acids is 2. The first kappa shape index (κ1) is 27.0. The summed E-state index contributed by atoms with van der Waals surface area (Å²) in [7, 11) is -3.78. The Balaban J connectivity index is 2.43. The molecule has 0 fully saturated rings. The number of nitrogens with one attached hydrogen (secondary N) is 1. The van der Waals surface area contributed by atoms with Gasteiger partial charge >= 0.3 is 0 Å². The minimum absolute atomic E-state index is 0.0116. The summed E-state index contributed by atoms with van der Waals surface area (Å²) in [5.74, 6) is -0.892. The van der Waals surface area contributed by atoms with E-state index < -0.39 is 28.5 Å². The van der Waals surface area contributed by atoms with Gasteiger partial charge in [0.05, 0.1) is 11.9 Å². The highest BCUT2D eigenvalue weighted by Gasteiger charge is 2.30. The molecular weight excluding hydrogens is 485 g/mol. The number of halogens is 2. The van der Waals surface area contributed by atoms with Crippen LogP contribution in [0.25, 0.3) is 0 Å². The van der Waals surface area contributed by atoms with E-state index in [4.69, 9.17) is 23.2 Å². The van der Waals surface area contributed by atoms with Gasteiger partial charge in [-0.25, -0.2) is 8.42 Å². The van der Waals surface area contributed by atoms with E-state index in [1.807, 2.05) is 13.8 Å². The summed E-state index contributed by atoms with van der Waals surface area (Å²) < 4.78 is 26.2. The summed E-state index contributed by atoms with van der Waals surface area (Å²) in [5.41, 5.74) is 2.86. The van der Waals surface area contributed by atoms with Gasteiger partial charge in [0.25, 0.3) is 0 Å². The van der Waals surface area contributed by atoms with Crippen molar-refractivity contribution in [2.45, 2.75) is 40.3 Å². The predicted octanol–water partition coefficient (Wildman–Crippen LogP) is 3.93. The number of likely N-dealkylation sites (N-methyl/N-ethyl adjacent to an activating group) is 1. The average Bonchev–Trinajstić information content (AvgIpc) is 2.72. The van der Waals surface area contributed by atoms with Gasteiger partial charge in [0.2, 0.25) is 21.8 Å². The first-order valence-corrected chi connectivity index (χ1v) is 13.0. The highest BCUT2D eigenvalue weighted by Crippen LogP contribution is 2.25. The van der Waals surface area contributed by atoms with Crippen LogP contribution in [0.1, 0.15) is 30.5 Å². The Hall–Kier alpha value is -2.29. The number of rotatable bonds is 9. The van der Waals surface area contributed by atoms with Gasteiger partial charge in [0.15, 0.2) is 0 Å². The van der Waals surface area contributed by atoms with Crippen molar-refractivity contribution < 1.29 is 18.0 Å². The van der Waals surface area contributed by atoms with Gasteiger partial charge in [-0.1, -0.05) is 35.3 Å². The molecular formula is C23H29Cl2N3O4S. The fourth-order valence-corrected chi connectivity index (χ4v) is 4.54. The van der Waals surface area contributed by atoms with Crippen LogP contribution in [0.4, 0.5) is 5.69 Å². The van der Waals surface area contributed by atoms with Crippen molar-refractivity contribution in [3.05, 3.63) is 63.1 Å². The minimum atomic E-state index is -3.78. The first-order chi connectivity index (χ1) is 15.3. The Morgan fingerprint density at radius 1 is 1.06 bits per heavy atom. The maximum absolute atomic E-state index is 13.4. The van der Waals surface area contributed by atoms with Crippen LogP contribution in [0.2, 0.25) is 10.0 Å². The van der Waals surface area contributed by atoms with E-state index in [9.17, 15) is 18.0 Å². The summed E-state index contributed by atoms with van der Waals surface area (Å²) in [4.78, 5) is 27.3. The van der Waals surface area contributed by atoms with Crippen LogP contribution < -0.4 is 9.62 Å². The largest absolute Gasteiger partial charge is 0.355 e. The Labute approximate surface area is 205 Å². The molecule has 0 saturated heterocycles. The van der Waals surface area contributed by atoms with E-state index in [2.05, 4.69) is 5.32 Å². The minimum Gasteiger partial charge on any atom is -0.355 e. The topological polar surface area (TPSA) is 86.8 Å². The highest BCUT2D eigenvalue weighted by atomic mass is 35.5. The predicted molar refractivity (Wildman–Crippen MR) is 133 cm³/mol. The molecule has 0 aliphatic carbocycles. The summed E-state index contributed by atoms with van der Waals surface area (Å²) in [5, 5.41) is 3.49. The quantitative estimate of drug-likeness (QED) is 0.550. The highest BCUT2D eigenvalue weighted by molar-refractivity contribution is 7.92. The number of anilines is 1. The summed E-state index contributed by atoms with van der Waals surface area (Å²) >= 11 is 12.3. The molecule has 2 aromatic carbocycles. The van der Waals surface area contributed by atoms with E-state index >= 15 is 0 Å². The second-order valence-corrected chi connectivity index (χ2v) is 10.6. The van der Waals surface area contributed by atoms with Crippen LogP contribution in [0.15, 0.2) is 36.4 Å². The normalized spacial score (nSPS) is 12.2. The van der Waals surface area contributed by atoms with Crippen molar-refractivity contribution >= 4 is 50.7 Å². The lowest BCUT2D eigenvalue weighted by Crippen LogP contribution is -2.51. The van der Waals surface area contributed by atoms with Crippen LogP contribution >= 0.6 is 23.2 Å². The molecule has 2 amide bonds. The zero-order valence-corrected chi connectivity index (χ0v) is 21.7. The van der Waals surface area contributed by atoms with Crippen molar-refractivity contribution in [2.24, 2.45) is 0 Å². The molecule has 180 valence electrons. The van der Waals surface area contributed by atoms with Crippen LogP contribution in [0, 0.1) is 13.8 Å². The Morgan fingerprint density at radius 3 is 2.27 bits per heavy atom. The zero-order valence-electron chi connectivity index (χ0n) is 19.4. The molecule has 0 heterocycles. The van der Waals surface area contributed by atoms with Crippen molar-refractivity contribution in [1.82, 2.24) is 10.2 Å². The van der Waals surface area contributed by atoms with E-state index in [0.29, 0.717) is 27.8 Å². The smallest absolute Gasteiger partial charge is 0.244 e. The molecule has 1 atom stereocenters. The summed E-state index contributed by atoms with van der Waals surface area (Å²) in [6.45, 7) is 7.10. The summed E-state index contributed by atoms with van der Waals surface area (Å²) in [6, 6.07) is 9.19. The third kappa shape index (κ3) is 7.09. The van der Waals surface area contributed by atoms with E-state index in [0.717, 1.165) is 21.7 Å². The number of amides is 2. The maximum Gasteiger partial charge on any atom is 0.244 e. The van der Waals surface area contributed by atoms with Gasteiger partial charge in [-0.2, -0.15) is 0 Å². The lowest BCUT2D eigenvalue weighted by molar-refractivity contribution is -0.139. The molecule has 0 aliphatic heterocycles. The molecule has 0 saturated carbocycles. The Kier molecular flexibility index (Phi) is 9.17. The Bertz CT molecular complexity index is 1140. The molecule has 0 unspecified atom stereocenters. The molecule has 0 bridgehead atoms. The maximum atomic E-state index is 13.4. The van der Waals surface area contributed by atoms with Crippen LogP contribution in [0.3, 0.4) is 0 Å². The van der Waals surface area contributed by atoms with Crippen molar-refractivity contribution in [2.75, 3.05) is 23.7 Å². The van der Waals surface area contributed by atoms with Crippen molar-refractivity contribution in [1.29, 1.82) is 0 Å². The molecule has 0 radical (unpaired) electrons. The SMILES string of the molecule is CCNC(=O)[C@@H](C)N(Cc1ccc(Cl)cc1Cl)C(=O)CN(c1ccc(C)c(C)c1)S(C)(=O)=O. The number of sulfonamides is 1. The average molecular weight is 514 g/mol. The second kappa shape index (κ2) is 11.2. The number of hydrogen-bond donors (Lipinski definition) is 1. The van der Waals surface area contributed by atoms with Gasteiger partial charge < -0.3 is 10.2 Å². The third-order valence-electron chi connectivity index (χ3n) is 5.33. The van der Waals surface area contributed by atoms with Crippen LogP contribution in [-0.2, 0) is 26.2 Å². The molecule has 0 spiro atoms. The molecule has 2 rings (SSSR count). The van der Waals surface area contributed by atoms with Gasteiger partial charge in [-0.05, 0) is 68.7 Å². The molecule has 1 N–H and O–H groups in total. The van der Waals surface area contributed by atoms with Crippen LogP contribution in [-0.4, -0.2) is 50.5 Å². The van der Waals surface area contributed by atoms with Gasteiger partial charge in [-0.3, -0.25) is 13.9 Å². The Morgan fingerprint density at radius 2 is 1.73 bits per heavy atom. The molecule has 7 nitrogen and oxygen atoms in total. The van der Waals surface area contributed by atoms with E-state index in [1.165, 1.54) is 4.90 Å². The monoisotopic (exact) mass is 513 g/mol. The van der Waals surface area contributed by atoms with Crippen LogP contribution in [0.5, 0.6) is 0 Å². The standard InChI is InChI=1S/C23H29Cl2N3O4S/c1-6-26-23(30)17(4)27(13-18-8-9-19(24)12-21(18)25)22(29)14-28(33(5,31)32)20-10-7-15(2)16(3)11-20/h7-12,17H,6,13-14H2,1-5H3,(H,26,30)/t17-/m1/s1. The van der Waals surface area contributed by atoms with E-state index in [-0.39, 0.29) is 12.5 Å². The number of nitrogens with zero attached hydrogens (tertiary/aromatic N) is 2. The number of carbonyl (C=O) groups is 2. The lowest BCUT2D eigenvalue weighted by Gasteiger charge is -2.31. The number of aryl methyl sites for hydroxylation is 2. The lowest BCUT2D eigenvalue weighted by atomic mass is 10.1. The molecule has 10 heteroatoms. The van der Waals surface area contributed by atoms with Crippen molar-refractivity contribution in [3.8, 4) is 0 Å². The first-order valence-electron chi connectivity index (χ1n) is 10.4. The third-order valence-corrected chi connectivity index (χ3v) is 7.06. The fraction of sp³-hybridized carbons (Fsp3) is 0.391. The van der Waals surface area contributed by atoms with Crippen molar-refractivity contribution in [3.63, 3.8) is 0 Å². The summed E-state index contributed by atoms with van der Waals surface area (Å²) in [6.07, 6.45) is 1.04. The van der Waals surface area contributed by atoms with Gasteiger partial charge in [0, 0.05) is 23.1 Å². The number of benzene rings is 2.